The number of hydrogen-bond acceptors (Lipinski definition) is 7. The molecule has 0 aromatic carbocycles. The first-order valence-electron chi connectivity index (χ1n) is 7.56. The molecule has 1 atom stereocenters. The van der Waals surface area contributed by atoms with Crippen LogP contribution < -0.4 is 5.32 Å². The SMILES string of the molecule is CNc1nccnc1[C@@H]1CN(S(=O)(=O)N2CCOCC2)CCO1. The summed E-state index contributed by atoms with van der Waals surface area (Å²) >= 11 is 0. The Bertz CT molecular complexity index is 635. The molecule has 0 bridgehead atoms. The molecule has 0 amide bonds. The molecule has 3 rings (SSSR count). The van der Waals surface area contributed by atoms with E-state index in [9.17, 15) is 8.42 Å². The minimum absolute atomic E-state index is 0.229. The lowest BCUT2D eigenvalue weighted by Crippen LogP contribution is -2.52. The number of nitrogens with zero attached hydrogens (tertiary/aromatic N) is 4. The molecule has 2 saturated heterocycles. The largest absolute Gasteiger partial charge is 0.379 e. The van der Waals surface area contributed by atoms with Crippen molar-refractivity contribution in [1.29, 1.82) is 0 Å². The third-order valence-corrected chi connectivity index (χ3v) is 5.92. The Morgan fingerprint density at radius 3 is 2.57 bits per heavy atom. The van der Waals surface area contributed by atoms with E-state index in [0.29, 0.717) is 51.0 Å². The Balaban J connectivity index is 1.77. The average Bonchev–Trinajstić information content (AvgIpc) is 2.62. The molecule has 2 fully saturated rings. The second-order valence-corrected chi connectivity index (χ2v) is 7.21. The molecule has 128 valence electrons. The summed E-state index contributed by atoms with van der Waals surface area (Å²) in [6.07, 6.45) is 2.73. The van der Waals surface area contributed by atoms with Crippen LogP contribution >= 0.6 is 0 Å². The van der Waals surface area contributed by atoms with Crippen molar-refractivity contribution < 1.29 is 17.9 Å². The van der Waals surface area contributed by atoms with Crippen molar-refractivity contribution >= 4 is 16.0 Å². The molecule has 0 saturated carbocycles. The summed E-state index contributed by atoms with van der Waals surface area (Å²) in [6, 6.07) is 0. The van der Waals surface area contributed by atoms with Crippen molar-refractivity contribution in [3.8, 4) is 0 Å². The van der Waals surface area contributed by atoms with Gasteiger partial charge in [0.2, 0.25) is 0 Å². The highest BCUT2D eigenvalue weighted by Crippen LogP contribution is 2.27. The Morgan fingerprint density at radius 2 is 1.83 bits per heavy atom. The first-order valence-corrected chi connectivity index (χ1v) is 8.96. The molecule has 1 aromatic heterocycles. The van der Waals surface area contributed by atoms with Gasteiger partial charge in [-0.3, -0.25) is 4.98 Å². The molecule has 1 aromatic rings. The molecule has 3 heterocycles. The number of hydrogen-bond donors (Lipinski definition) is 1. The van der Waals surface area contributed by atoms with Crippen LogP contribution in [0, 0.1) is 0 Å². The normalized spacial score (nSPS) is 24.5. The zero-order chi connectivity index (χ0) is 16.3. The first kappa shape index (κ1) is 16.5. The second-order valence-electron chi connectivity index (χ2n) is 5.28. The molecule has 0 aliphatic carbocycles. The van der Waals surface area contributed by atoms with E-state index in [1.807, 2.05) is 0 Å². The number of anilines is 1. The maximum Gasteiger partial charge on any atom is 0.282 e. The van der Waals surface area contributed by atoms with E-state index in [0.717, 1.165) is 0 Å². The highest BCUT2D eigenvalue weighted by molar-refractivity contribution is 7.86. The van der Waals surface area contributed by atoms with E-state index < -0.39 is 16.3 Å². The van der Waals surface area contributed by atoms with E-state index in [4.69, 9.17) is 9.47 Å². The Morgan fingerprint density at radius 1 is 1.13 bits per heavy atom. The molecule has 0 spiro atoms. The van der Waals surface area contributed by atoms with Crippen LogP contribution in [-0.2, 0) is 19.7 Å². The molecule has 0 unspecified atom stereocenters. The van der Waals surface area contributed by atoms with Crippen LogP contribution in [0.3, 0.4) is 0 Å². The van der Waals surface area contributed by atoms with Gasteiger partial charge in [-0.1, -0.05) is 0 Å². The highest BCUT2D eigenvalue weighted by Gasteiger charge is 2.36. The Hall–Kier alpha value is -1.33. The molecular formula is C13H21N5O4S. The van der Waals surface area contributed by atoms with Crippen LogP contribution in [-0.4, -0.2) is 80.0 Å². The number of nitrogens with one attached hydrogen (secondary N) is 1. The van der Waals surface area contributed by atoms with Crippen LogP contribution in [0.5, 0.6) is 0 Å². The van der Waals surface area contributed by atoms with Crippen LogP contribution in [0.4, 0.5) is 5.82 Å². The van der Waals surface area contributed by atoms with Crippen LogP contribution in [0.15, 0.2) is 12.4 Å². The molecule has 10 heteroatoms. The van der Waals surface area contributed by atoms with E-state index in [-0.39, 0.29) is 6.54 Å². The van der Waals surface area contributed by atoms with Gasteiger partial charge in [0.1, 0.15) is 17.6 Å². The predicted octanol–water partition coefficient (Wildman–Crippen LogP) is -0.531. The Kier molecular flexibility index (Phi) is 5.07. The van der Waals surface area contributed by atoms with E-state index >= 15 is 0 Å². The summed E-state index contributed by atoms with van der Waals surface area (Å²) in [7, 11) is -1.76. The summed E-state index contributed by atoms with van der Waals surface area (Å²) < 4.78 is 39.4. The lowest BCUT2D eigenvalue weighted by molar-refractivity contribution is -0.00820. The van der Waals surface area contributed by atoms with Gasteiger partial charge >= 0.3 is 0 Å². The van der Waals surface area contributed by atoms with Gasteiger partial charge in [-0.15, -0.1) is 0 Å². The fourth-order valence-corrected chi connectivity index (χ4v) is 4.28. The third-order valence-electron chi connectivity index (χ3n) is 3.92. The first-order chi connectivity index (χ1) is 11.1. The molecular weight excluding hydrogens is 322 g/mol. The molecule has 0 radical (unpaired) electrons. The minimum atomic E-state index is -3.51. The van der Waals surface area contributed by atoms with Gasteiger partial charge in [-0.05, 0) is 0 Å². The molecule has 2 aliphatic heterocycles. The van der Waals surface area contributed by atoms with Gasteiger partial charge in [0.25, 0.3) is 10.2 Å². The number of aromatic nitrogens is 2. The lowest BCUT2D eigenvalue weighted by atomic mass is 10.2. The van der Waals surface area contributed by atoms with E-state index in [1.165, 1.54) is 8.61 Å². The fourth-order valence-electron chi connectivity index (χ4n) is 2.72. The van der Waals surface area contributed by atoms with Crippen molar-refractivity contribution in [2.24, 2.45) is 0 Å². The van der Waals surface area contributed by atoms with Crippen molar-refractivity contribution in [3.05, 3.63) is 18.1 Å². The molecule has 2 aliphatic rings. The van der Waals surface area contributed by atoms with E-state index in [2.05, 4.69) is 15.3 Å². The molecule has 23 heavy (non-hydrogen) atoms. The zero-order valence-electron chi connectivity index (χ0n) is 13.0. The Labute approximate surface area is 135 Å². The summed E-state index contributed by atoms with van der Waals surface area (Å²) in [6.45, 7) is 2.53. The van der Waals surface area contributed by atoms with Gasteiger partial charge in [0.05, 0.1) is 19.8 Å². The predicted molar refractivity (Wildman–Crippen MR) is 83.2 cm³/mol. The minimum Gasteiger partial charge on any atom is -0.379 e. The van der Waals surface area contributed by atoms with Crippen molar-refractivity contribution in [3.63, 3.8) is 0 Å². The average molecular weight is 343 g/mol. The summed E-state index contributed by atoms with van der Waals surface area (Å²) in [5, 5.41) is 2.96. The van der Waals surface area contributed by atoms with E-state index in [1.54, 1.807) is 19.4 Å². The monoisotopic (exact) mass is 343 g/mol. The summed E-state index contributed by atoms with van der Waals surface area (Å²) in [5.74, 6) is 0.600. The smallest absolute Gasteiger partial charge is 0.282 e. The molecule has 9 nitrogen and oxygen atoms in total. The van der Waals surface area contributed by atoms with Crippen molar-refractivity contribution in [2.75, 3.05) is 58.4 Å². The van der Waals surface area contributed by atoms with Crippen LogP contribution in [0.2, 0.25) is 0 Å². The standard InChI is InChI=1S/C13H21N5O4S/c1-14-13-12(15-2-3-16-13)11-10-18(6-9-22-11)23(19,20)17-4-7-21-8-5-17/h2-3,11H,4-10H2,1H3,(H,14,16)/t11-/m0/s1. The zero-order valence-corrected chi connectivity index (χ0v) is 13.8. The van der Waals surface area contributed by atoms with Gasteiger partial charge in [0.15, 0.2) is 0 Å². The lowest BCUT2D eigenvalue weighted by Gasteiger charge is -2.36. The van der Waals surface area contributed by atoms with Gasteiger partial charge in [-0.2, -0.15) is 17.0 Å². The van der Waals surface area contributed by atoms with Crippen LogP contribution in [0.1, 0.15) is 11.8 Å². The maximum atomic E-state index is 12.8. The summed E-state index contributed by atoms with van der Waals surface area (Å²) in [4.78, 5) is 8.50. The third kappa shape index (κ3) is 3.45. The second kappa shape index (κ2) is 7.05. The molecule has 1 N–H and O–H groups in total. The highest BCUT2D eigenvalue weighted by atomic mass is 32.2. The topological polar surface area (TPSA) is 96.9 Å². The summed E-state index contributed by atoms with van der Waals surface area (Å²) in [5.41, 5.74) is 0.622. The number of rotatable bonds is 4. The maximum absolute atomic E-state index is 12.8. The fraction of sp³-hybridized carbons (Fsp3) is 0.692. The van der Waals surface area contributed by atoms with Crippen LogP contribution in [0.25, 0.3) is 0 Å². The van der Waals surface area contributed by atoms with Crippen molar-refractivity contribution in [1.82, 2.24) is 18.6 Å². The van der Waals surface area contributed by atoms with Gasteiger partial charge in [-0.25, -0.2) is 4.98 Å². The van der Waals surface area contributed by atoms with Crippen molar-refractivity contribution in [2.45, 2.75) is 6.10 Å². The van der Waals surface area contributed by atoms with Gasteiger partial charge < -0.3 is 14.8 Å². The quantitative estimate of drug-likeness (QED) is 0.785. The number of ether oxygens (including phenoxy) is 2. The van der Waals surface area contributed by atoms with Gasteiger partial charge in [0, 0.05) is 45.6 Å². The number of morpholine rings is 2.